The first-order chi connectivity index (χ1) is 15.2. The number of piperidine rings is 1. The van der Waals surface area contributed by atoms with Crippen LogP contribution in [0.15, 0.2) is 66.7 Å². The van der Waals surface area contributed by atoms with Gasteiger partial charge in [0.1, 0.15) is 0 Å². The van der Waals surface area contributed by atoms with E-state index in [1.165, 1.54) is 11.1 Å². The molecule has 160 valence electrons. The third-order valence-electron chi connectivity index (χ3n) is 6.83. The lowest BCUT2D eigenvalue weighted by atomic mass is 10.0. The number of para-hydroxylation sites is 1. The molecular formula is C26H29N3O2. The maximum atomic E-state index is 12.9. The van der Waals surface area contributed by atoms with Crippen LogP contribution in [-0.2, 0) is 22.4 Å². The monoisotopic (exact) mass is 415 g/mol. The van der Waals surface area contributed by atoms with Crippen LogP contribution in [0, 0.1) is 11.8 Å². The molecule has 3 aliphatic rings. The fourth-order valence-corrected chi connectivity index (χ4v) is 4.94. The van der Waals surface area contributed by atoms with E-state index in [1.807, 2.05) is 47.4 Å². The highest BCUT2D eigenvalue weighted by Crippen LogP contribution is 2.45. The number of rotatable bonds is 7. The van der Waals surface area contributed by atoms with E-state index in [2.05, 4.69) is 28.8 Å². The molecular weight excluding hydrogens is 386 g/mol. The molecule has 2 fully saturated rings. The Kier molecular flexibility index (Phi) is 5.60. The van der Waals surface area contributed by atoms with Crippen LogP contribution < -0.4 is 15.5 Å². The predicted molar refractivity (Wildman–Crippen MR) is 122 cm³/mol. The quantitative estimate of drug-likeness (QED) is 0.684. The topological polar surface area (TPSA) is 61.4 Å². The van der Waals surface area contributed by atoms with Gasteiger partial charge in [0.2, 0.25) is 5.91 Å². The van der Waals surface area contributed by atoms with Gasteiger partial charge in [0.15, 0.2) is 0 Å². The summed E-state index contributed by atoms with van der Waals surface area (Å²) in [5.41, 5.74) is 3.44. The first kappa shape index (κ1) is 20.0. The summed E-state index contributed by atoms with van der Waals surface area (Å²) >= 11 is 0. The van der Waals surface area contributed by atoms with Crippen LogP contribution in [-0.4, -0.2) is 37.0 Å². The molecule has 5 rings (SSSR count). The second-order valence-corrected chi connectivity index (χ2v) is 8.91. The molecule has 0 radical (unpaired) electrons. The number of amides is 2. The smallest absolute Gasteiger partial charge is 0.250 e. The van der Waals surface area contributed by atoms with Gasteiger partial charge in [-0.15, -0.1) is 0 Å². The highest BCUT2D eigenvalue weighted by Gasteiger charge is 2.51. The summed E-state index contributed by atoms with van der Waals surface area (Å²) in [4.78, 5) is 27.6. The number of hydrogen-bond donors (Lipinski definition) is 2. The highest BCUT2D eigenvalue weighted by molar-refractivity contribution is 6.03. The van der Waals surface area contributed by atoms with Crippen molar-refractivity contribution in [2.75, 3.05) is 18.0 Å². The second-order valence-electron chi connectivity index (χ2n) is 8.91. The molecule has 1 aliphatic carbocycles. The van der Waals surface area contributed by atoms with Crippen molar-refractivity contribution in [1.29, 1.82) is 0 Å². The molecule has 0 bridgehead atoms. The normalized spacial score (nSPS) is 24.6. The molecule has 2 N–H and O–H groups in total. The van der Waals surface area contributed by atoms with Crippen molar-refractivity contribution in [2.24, 2.45) is 11.8 Å². The Balaban J connectivity index is 1.26. The van der Waals surface area contributed by atoms with Crippen LogP contribution in [0.4, 0.5) is 5.69 Å². The maximum absolute atomic E-state index is 12.9. The third kappa shape index (κ3) is 4.42. The number of nitrogens with one attached hydrogen (secondary N) is 2. The fourth-order valence-electron chi connectivity index (χ4n) is 4.94. The van der Waals surface area contributed by atoms with Crippen molar-refractivity contribution < 1.29 is 9.59 Å². The molecule has 1 saturated carbocycles. The average Bonchev–Trinajstić information content (AvgIpc) is 3.25. The summed E-state index contributed by atoms with van der Waals surface area (Å²) < 4.78 is 0. The molecule has 0 aromatic heterocycles. The zero-order chi connectivity index (χ0) is 21.2. The molecule has 1 saturated heterocycles. The summed E-state index contributed by atoms with van der Waals surface area (Å²) in [5.74, 6) is 1.20. The predicted octanol–water partition coefficient (Wildman–Crippen LogP) is 2.86. The van der Waals surface area contributed by atoms with E-state index in [1.54, 1.807) is 6.08 Å². The Morgan fingerprint density at radius 2 is 1.94 bits per heavy atom. The lowest BCUT2D eigenvalue weighted by Crippen LogP contribution is -2.46. The van der Waals surface area contributed by atoms with Gasteiger partial charge in [0.25, 0.3) is 5.91 Å². The van der Waals surface area contributed by atoms with Gasteiger partial charge in [-0.2, -0.15) is 0 Å². The number of nitrogens with zero attached hydrogens (tertiary/aromatic N) is 1. The van der Waals surface area contributed by atoms with Gasteiger partial charge >= 0.3 is 0 Å². The Morgan fingerprint density at radius 3 is 2.71 bits per heavy atom. The van der Waals surface area contributed by atoms with Gasteiger partial charge < -0.3 is 15.5 Å². The number of fused-ring (bicyclic) bond motifs is 2. The summed E-state index contributed by atoms with van der Waals surface area (Å²) in [6.45, 7) is 1.65. The zero-order valence-electron chi connectivity index (χ0n) is 17.7. The summed E-state index contributed by atoms with van der Waals surface area (Å²) in [6.07, 6.45) is 7.17. The summed E-state index contributed by atoms with van der Waals surface area (Å²) in [5, 5.41) is 6.54. The molecule has 2 heterocycles. The SMILES string of the molecule is O=C(N[C@H](C=CC(=O)N1CCc2ccccc21)CCc1ccccc1)[C@@H]1NC[C@@H]2C[C@@H]21. The molecule has 2 aromatic carbocycles. The van der Waals surface area contributed by atoms with Crippen molar-refractivity contribution in [1.82, 2.24) is 10.6 Å². The standard InChI is InChI=1S/C26H29N3O2/c30-24(29-15-14-19-8-4-5-9-23(19)29)13-12-21(11-10-18-6-2-1-3-7-18)28-26(31)25-22-16-20(22)17-27-25/h1-9,12-13,20-22,25,27H,10-11,14-17H2,(H,28,31)/t20-,21-,22-,25+/m0/s1. The molecule has 2 aromatic rings. The van der Waals surface area contributed by atoms with Gasteiger partial charge in [0.05, 0.1) is 6.04 Å². The van der Waals surface area contributed by atoms with Gasteiger partial charge in [-0.25, -0.2) is 0 Å². The largest absolute Gasteiger partial charge is 0.349 e. The Hall–Kier alpha value is -2.92. The van der Waals surface area contributed by atoms with Gasteiger partial charge in [0, 0.05) is 24.4 Å². The van der Waals surface area contributed by atoms with E-state index < -0.39 is 0 Å². The van der Waals surface area contributed by atoms with E-state index in [-0.39, 0.29) is 23.9 Å². The highest BCUT2D eigenvalue weighted by atomic mass is 16.2. The Labute approximate surface area is 183 Å². The molecule has 31 heavy (non-hydrogen) atoms. The fraction of sp³-hybridized carbons (Fsp3) is 0.385. The summed E-state index contributed by atoms with van der Waals surface area (Å²) in [7, 11) is 0. The van der Waals surface area contributed by atoms with Crippen LogP contribution in [0.3, 0.4) is 0 Å². The Morgan fingerprint density at radius 1 is 1.13 bits per heavy atom. The molecule has 0 spiro atoms. The van der Waals surface area contributed by atoms with Crippen molar-refractivity contribution in [2.45, 2.75) is 37.8 Å². The van der Waals surface area contributed by atoms with Gasteiger partial charge in [-0.3, -0.25) is 9.59 Å². The first-order valence-electron chi connectivity index (χ1n) is 11.3. The van der Waals surface area contributed by atoms with Crippen LogP contribution >= 0.6 is 0 Å². The number of hydrogen-bond acceptors (Lipinski definition) is 3. The van der Waals surface area contributed by atoms with E-state index in [4.69, 9.17) is 0 Å². The number of anilines is 1. The van der Waals surface area contributed by atoms with Gasteiger partial charge in [-0.1, -0.05) is 54.6 Å². The number of carbonyl (C=O) groups excluding carboxylic acids is 2. The zero-order valence-corrected chi connectivity index (χ0v) is 17.7. The van der Waals surface area contributed by atoms with Crippen molar-refractivity contribution in [3.63, 3.8) is 0 Å². The number of aryl methyl sites for hydroxylation is 1. The van der Waals surface area contributed by atoms with Crippen LogP contribution in [0.1, 0.15) is 24.0 Å². The van der Waals surface area contributed by atoms with E-state index in [0.717, 1.165) is 37.9 Å². The lowest BCUT2D eigenvalue weighted by molar-refractivity contribution is -0.123. The van der Waals surface area contributed by atoms with Crippen LogP contribution in [0.5, 0.6) is 0 Å². The average molecular weight is 416 g/mol. The van der Waals surface area contributed by atoms with Crippen molar-refractivity contribution >= 4 is 17.5 Å². The lowest BCUT2D eigenvalue weighted by Gasteiger charge is -2.20. The molecule has 2 amide bonds. The van der Waals surface area contributed by atoms with E-state index >= 15 is 0 Å². The molecule has 5 heteroatoms. The molecule has 5 nitrogen and oxygen atoms in total. The minimum atomic E-state index is -0.172. The molecule has 0 unspecified atom stereocenters. The minimum Gasteiger partial charge on any atom is -0.349 e. The third-order valence-corrected chi connectivity index (χ3v) is 6.83. The molecule has 2 aliphatic heterocycles. The van der Waals surface area contributed by atoms with E-state index in [9.17, 15) is 9.59 Å². The van der Waals surface area contributed by atoms with Crippen LogP contribution in [0.25, 0.3) is 0 Å². The first-order valence-corrected chi connectivity index (χ1v) is 11.3. The number of benzene rings is 2. The molecule has 4 atom stereocenters. The summed E-state index contributed by atoms with van der Waals surface area (Å²) in [6, 6.07) is 18.1. The van der Waals surface area contributed by atoms with Crippen LogP contribution in [0.2, 0.25) is 0 Å². The second kappa shape index (κ2) is 8.67. The number of carbonyl (C=O) groups is 2. The van der Waals surface area contributed by atoms with Crippen molar-refractivity contribution in [3.8, 4) is 0 Å². The van der Waals surface area contributed by atoms with Crippen molar-refractivity contribution in [3.05, 3.63) is 77.9 Å². The minimum absolute atomic E-state index is 0.0230. The van der Waals surface area contributed by atoms with E-state index in [0.29, 0.717) is 18.4 Å². The Bertz CT molecular complexity index is 987. The maximum Gasteiger partial charge on any atom is 0.250 e. The van der Waals surface area contributed by atoms with Gasteiger partial charge in [-0.05, 0) is 61.3 Å².